The third kappa shape index (κ3) is 3.13. The van der Waals surface area contributed by atoms with E-state index >= 15 is 0 Å². The number of rotatable bonds is 2. The van der Waals surface area contributed by atoms with Crippen molar-refractivity contribution < 1.29 is 0 Å². The van der Waals surface area contributed by atoms with Crippen molar-refractivity contribution in [1.82, 2.24) is 13.5 Å². The summed E-state index contributed by atoms with van der Waals surface area (Å²) < 4.78 is 7.49. The van der Waals surface area contributed by atoms with E-state index in [9.17, 15) is 0 Å². The highest BCUT2D eigenvalue weighted by Gasteiger charge is 2.27. The van der Waals surface area contributed by atoms with E-state index in [0.717, 1.165) is 0 Å². The molecule has 0 atom stereocenters. The maximum Gasteiger partial charge on any atom is 0.0810 e. The Hall–Kier alpha value is -6.58. The van der Waals surface area contributed by atoms with Crippen molar-refractivity contribution in [3.8, 4) is 11.4 Å². The van der Waals surface area contributed by atoms with Gasteiger partial charge in [0.15, 0.2) is 0 Å². The fraction of sp³-hybridized carbons (Fsp3) is 0. The van der Waals surface area contributed by atoms with Crippen molar-refractivity contribution in [3.63, 3.8) is 0 Å². The predicted octanol–water partition coefficient (Wildman–Crippen LogP) is 12.2. The molecule has 0 aliphatic heterocycles. The molecular formula is C46H27N3. The van der Waals surface area contributed by atoms with E-state index in [1.54, 1.807) is 0 Å². The van der Waals surface area contributed by atoms with Gasteiger partial charge in [-0.3, -0.25) is 0 Å². The van der Waals surface area contributed by atoms with Crippen LogP contribution >= 0.6 is 0 Å². The molecule has 8 aromatic carbocycles. The summed E-state index contributed by atoms with van der Waals surface area (Å²) in [4.78, 5) is 0. The zero-order chi connectivity index (χ0) is 31.8. The summed E-state index contributed by atoms with van der Waals surface area (Å²) in [5.74, 6) is 0. The zero-order valence-electron chi connectivity index (χ0n) is 26.4. The minimum Gasteiger partial charge on any atom is -0.309 e. The van der Waals surface area contributed by atoms with E-state index in [2.05, 4.69) is 177 Å². The highest BCUT2D eigenvalue weighted by Crippen LogP contribution is 2.48. The topological polar surface area (TPSA) is 14.3 Å². The van der Waals surface area contributed by atoms with Crippen molar-refractivity contribution in [2.75, 3.05) is 0 Å². The second-order valence-electron chi connectivity index (χ2n) is 13.3. The fourth-order valence-electron chi connectivity index (χ4n) is 8.98. The van der Waals surface area contributed by atoms with Crippen LogP contribution in [0.1, 0.15) is 0 Å². The molecule has 0 fully saturated rings. The van der Waals surface area contributed by atoms with Gasteiger partial charge in [-0.2, -0.15) is 0 Å². The second kappa shape index (κ2) is 9.06. The molecule has 12 rings (SSSR count). The third-order valence-corrected chi connectivity index (χ3v) is 10.9. The summed E-state index contributed by atoms with van der Waals surface area (Å²) >= 11 is 0. The Kier molecular flexibility index (Phi) is 4.72. The molecule has 0 saturated heterocycles. The number of hydrogen-bond acceptors (Lipinski definition) is 0. The van der Waals surface area contributed by atoms with Crippen LogP contribution in [-0.2, 0) is 0 Å². The van der Waals surface area contributed by atoms with E-state index in [1.807, 2.05) is 0 Å². The fourth-order valence-corrected chi connectivity index (χ4v) is 8.98. The monoisotopic (exact) mass is 621 g/mol. The molecule has 0 radical (unpaired) electrons. The summed E-state index contributed by atoms with van der Waals surface area (Å²) in [6.45, 7) is 0. The molecule has 0 spiro atoms. The number of fused-ring (bicyclic) bond motifs is 15. The molecule has 49 heavy (non-hydrogen) atoms. The number of benzene rings is 8. The molecule has 0 aliphatic rings. The van der Waals surface area contributed by atoms with Crippen LogP contribution in [0.5, 0.6) is 0 Å². The first-order valence-electron chi connectivity index (χ1n) is 17.0. The Bertz CT molecular complexity index is 3320. The quantitative estimate of drug-likeness (QED) is 0.182. The van der Waals surface area contributed by atoms with Gasteiger partial charge >= 0.3 is 0 Å². The lowest BCUT2D eigenvalue weighted by Crippen LogP contribution is -1.95. The average molecular weight is 622 g/mol. The Morgan fingerprint density at radius 3 is 1.76 bits per heavy atom. The van der Waals surface area contributed by atoms with Gasteiger partial charge in [-0.15, -0.1) is 0 Å². The standard InChI is InChI=1S/C46H27N3/c1-2-14-30(15-3-1)47-38-20-10-8-18-34(38)36-27-31(23-25-40(36)47)48-41-24-22-28-12-4-6-16-32(28)43(41)46-45(48)37-26-29-13-5-7-17-33(29)42-35-19-9-11-21-39(35)49(46)44(37)42/h1-27H. The number of hydrogen-bond donors (Lipinski definition) is 0. The van der Waals surface area contributed by atoms with Crippen LogP contribution < -0.4 is 0 Å². The van der Waals surface area contributed by atoms with E-state index in [4.69, 9.17) is 0 Å². The van der Waals surface area contributed by atoms with Crippen LogP contribution in [0.2, 0.25) is 0 Å². The summed E-state index contributed by atoms with van der Waals surface area (Å²) in [6, 6.07) is 60.3. The zero-order valence-corrected chi connectivity index (χ0v) is 26.4. The molecule has 0 saturated carbocycles. The van der Waals surface area contributed by atoms with Gasteiger partial charge in [0.05, 0.1) is 38.6 Å². The lowest BCUT2D eigenvalue weighted by atomic mass is 10.0. The van der Waals surface area contributed by atoms with Crippen LogP contribution in [-0.4, -0.2) is 13.5 Å². The highest BCUT2D eigenvalue weighted by atomic mass is 15.0. The Labute approximate surface area is 280 Å². The number of aromatic nitrogens is 3. The maximum atomic E-state index is 2.56. The molecule has 0 aliphatic carbocycles. The molecule has 3 heteroatoms. The lowest BCUT2D eigenvalue weighted by Gasteiger charge is -2.11. The second-order valence-corrected chi connectivity index (χ2v) is 13.3. The normalized spacial score (nSPS) is 12.5. The molecule has 226 valence electrons. The van der Waals surface area contributed by atoms with E-state index in [1.165, 1.54) is 104 Å². The molecule has 0 bridgehead atoms. The van der Waals surface area contributed by atoms with Gasteiger partial charge < -0.3 is 13.5 Å². The minimum atomic E-state index is 1.17. The smallest absolute Gasteiger partial charge is 0.0810 e. The molecule has 12 aromatic rings. The van der Waals surface area contributed by atoms with Crippen LogP contribution in [0.3, 0.4) is 0 Å². The Morgan fingerprint density at radius 2 is 0.918 bits per heavy atom. The summed E-state index contributed by atoms with van der Waals surface area (Å²) in [5, 5.41) is 12.8. The van der Waals surface area contributed by atoms with Crippen molar-refractivity contribution in [1.29, 1.82) is 0 Å². The van der Waals surface area contributed by atoms with E-state index in [-0.39, 0.29) is 0 Å². The minimum absolute atomic E-state index is 1.17. The van der Waals surface area contributed by atoms with E-state index in [0.29, 0.717) is 0 Å². The summed E-state index contributed by atoms with van der Waals surface area (Å²) in [5.41, 5.74) is 11.1. The molecular weight excluding hydrogens is 595 g/mol. The van der Waals surface area contributed by atoms with Crippen LogP contribution in [0.25, 0.3) is 104 Å². The molecule has 4 heterocycles. The molecule has 3 nitrogen and oxygen atoms in total. The molecule has 0 unspecified atom stereocenters. The SMILES string of the molecule is c1ccc(-n2c3ccccc3c3cc(-n4c5ccc6ccccc6c5c5c4c4cc6ccccc6c6c7ccccc7n5c46)ccc32)cc1. The van der Waals surface area contributed by atoms with Gasteiger partial charge in [-0.25, -0.2) is 0 Å². The average Bonchev–Trinajstić information content (AvgIpc) is 3.88. The molecule has 0 amide bonds. The third-order valence-electron chi connectivity index (χ3n) is 10.9. The predicted molar refractivity (Wildman–Crippen MR) is 207 cm³/mol. The summed E-state index contributed by atoms with van der Waals surface area (Å²) in [7, 11) is 0. The van der Waals surface area contributed by atoms with Gasteiger partial charge in [0.1, 0.15) is 0 Å². The number of nitrogens with zero attached hydrogens (tertiary/aromatic N) is 3. The molecule has 4 aromatic heterocycles. The van der Waals surface area contributed by atoms with Gasteiger partial charge in [-0.05, 0) is 76.1 Å². The largest absolute Gasteiger partial charge is 0.309 e. The first kappa shape index (κ1) is 25.5. The van der Waals surface area contributed by atoms with Crippen LogP contribution in [0.15, 0.2) is 164 Å². The van der Waals surface area contributed by atoms with E-state index < -0.39 is 0 Å². The van der Waals surface area contributed by atoms with Gasteiger partial charge in [0, 0.05) is 43.7 Å². The maximum absolute atomic E-state index is 2.56. The Morgan fingerprint density at radius 1 is 0.286 bits per heavy atom. The number of para-hydroxylation sites is 3. The van der Waals surface area contributed by atoms with Gasteiger partial charge in [0.25, 0.3) is 0 Å². The van der Waals surface area contributed by atoms with Crippen molar-refractivity contribution in [3.05, 3.63) is 164 Å². The highest BCUT2D eigenvalue weighted by molar-refractivity contribution is 6.35. The summed E-state index contributed by atoms with van der Waals surface area (Å²) in [6.07, 6.45) is 0. The molecule has 0 N–H and O–H groups in total. The first-order chi connectivity index (χ1) is 24.3. The lowest BCUT2D eigenvalue weighted by molar-refractivity contribution is 1.17. The van der Waals surface area contributed by atoms with Crippen molar-refractivity contribution in [2.45, 2.75) is 0 Å². The van der Waals surface area contributed by atoms with Crippen LogP contribution in [0, 0.1) is 0 Å². The van der Waals surface area contributed by atoms with Gasteiger partial charge in [0.2, 0.25) is 0 Å². The van der Waals surface area contributed by atoms with Gasteiger partial charge in [-0.1, -0.05) is 109 Å². The Balaban J connectivity index is 1.32. The van der Waals surface area contributed by atoms with Crippen LogP contribution in [0.4, 0.5) is 0 Å². The van der Waals surface area contributed by atoms with Crippen molar-refractivity contribution in [2.24, 2.45) is 0 Å². The first-order valence-corrected chi connectivity index (χ1v) is 17.0. The van der Waals surface area contributed by atoms with Crippen molar-refractivity contribution >= 4 is 92.5 Å².